The number of amides is 1. The first kappa shape index (κ1) is 20.4. The van der Waals surface area contributed by atoms with E-state index in [0.717, 1.165) is 5.69 Å². The quantitative estimate of drug-likeness (QED) is 0.506. The maximum atomic E-state index is 11.9. The molecule has 0 heterocycles. The maximum absolute atomic E-state index is 11.9. The van der Waals surface area contributed by atoms with Gasteiger partial charge in [0.25, 0.3) is 5.91 Å². The van der Waals surface area contributed by atoms with Gasteiger partial charge < -0.3 is 19.5 Å². The van der Waals surface area contributed by atoms with Crippen molar-refractivity contribution in [2.75, 3.05) is 32.7 Å². The number of anilines is 1. The Hall–Kier alpha value is -2.93. The molecule has 2 aromatic carbocycles. The lowest BCUT2D eigenvalue weighted by Crippen LogP contribution is -2.26. The SMILES string of the molecule is CCOc1c(Cl)cc(/C=N\NC(=O)CNc2ccccc2OC)cc1OC. The lowest BCUT2D eigenvalue weighted by molar-refractivity contribution is -0.119. The van der Waals surface area contributed by atoms with Crippen molar-refractivity contribution in [3.8, 4) is 17.2 Å². The number of rotatable bonds is 9. The Balaban J connectivity index is 1.94. The van der Waals surface area contributed by atoms with Crippen molar-refractivity contribution in [2.45, 2.75) is 6.92 Å². The molecule has 0 aliphatic carbocycles. The third-order valence-electron chi connectivity index (χ3n) is 3.49. The van der Waals surface area contributed by atoms with Gasteiger partial charge >= 0.3 is 0 Å². The van der Waals surface area contributed by atoms with Gasteiger partial charge in [0.1, 0.15) is 5.75 Å². The molecule has 1 amide bonds. The molecule has 0 aliphatic rings. The average molecular weight is 392 g/mol. The maximum Gasteiger partial charge on any atom is 0.259 e. The summed E-state index contributed by atoms with van der Waals surface area (Å²) in [5, 5.41) is 7.34. The highest BCUT2D eigenvalue weighted by Gasteiger charge is 2.11. The molecule has 0 unspecified atom stereocenters. The van der Waals surface area contributed by atoms with Gasteiger partial charge in [0.05, 0.1) is 44.3 Å². The molecule has 0 fully saturated rings. The van der Waals surface area contributed by atoms with Crippen molar-refractivity contribution in [3.05, 3.63) is 47.0 Å². The second-order valence-electron chi connectivity index (χ2n) is 5.31. The number of nitrogens with one attached hydrogen (secondary N) is 2. The van der Waals surface area contributed by atoms with Crippen LogP contribution in [0, 0.1) is 0 Å². The minimum absolute atomic E-state index is 0.0467. The fourth-order valence-electron chi connectivity index (χ4n) is 2.28. The Morgan fingerprint density at radius 1 is 1.19 bits per heavy atom. The molecule has 0 spiro atoms. The zero-order valence-electron chi connectivity index (χ0n) is 15.4. The van der Waals surface area contributed by atoms with Gasteiger partial charge in [0, 0.05) is 0 Å². The first-order chi connectivity index (χ1) is 13.1. The molecule has 0 saturated carbocycles. The summed E-state index contributed by atoms with van der Waals surface area (Å²) in [5.74, 6) is 1.32. The van der Waals surface area contributed by atoms with Gasteiger partial charge in [-0.2, -0.15) is 5.10 Å². The summed E-state index contributed by atoms with van der Waals surface area (Å²) in [6.07, 6.45) is 1.48. The number of halogens is 1. The number of para-hydroxylation sites is 2. The van der Waals surface area contributed by atoms with Gasteiger partial charge in [-0.15, -0.1) is 0 Å². The Bertz CT molecular complexity index is 812. The van der Waals surface area contributed by atoms with E-state index in [1.54, 1.807) is 25.3 Å². The first-order valence-electron chi connectivity index (χ1n) is 8.28. The smallest absolute Gasteiger partial charge is 0.259 e. The van der Waals surface area contributed by atoms with Crippen LogP contribution >= 0.6 is 11.6 Å². The Morgan fingerprint density at radius 2 is 1.93 bits per heavy atom. The van der Waals surface area contributed by atoms with Crippen molar-refractivity contribution in [1.29, 1.82) is 0 Å². The van der Waals surface area contributed by atoms with Crippen LogP contribution in [0.4, 0.5) is 5.69 Å². The molecule has 0 atom stereocenters. The molecule has 8 heteroatoms. The van der Waals surface area contributed by atoms with Gasteiger partial charge in [0.15, 0.2) is 11.5 Å². The van der Waals surface area contributed by atoms with E-state index >= 15 is 0 Å². The molecule has 144 valence electrons. The zero-order chi connectivity index (χ0) is 19.6. The Kier molecular flexibility index (Phi) is 7.76. The molecule has 0 bridgehead atoms. The lowest BCUT2D eigenvalue weighted by Gasteiger charge is -2.11. The van der Waals surface area contributed by atoms with Crippen LogP contribution in [-0.2, 0) is 4.79 Å². The summed E-state index contributed by atoms with van der Waals surface area (Å²) in [4.78, 5) is 11.9. The van der Waals surface area contributed by atoms with E-state index in [9.17, 15) is 4.79 Å². The zero-order valence-corrected chi connectivity index (χ0v) is 16.2. The fourth-order valence-corrected chi connectivity index (χ4v) is 2.56. The molecule has 27 heavy (non-hydrogen) atoms. The van der Waals surface area contributed by atoms with Crippen LogP contribution in [0.25, 0.3) is 0 Å². The summed E-state index contributed by atoms with van der Waals surface area (Å²) < 4.78 is 16.0. The van der Waals surface area contributed by atoms with E-state index in [0.29, 0.717) is 34.4 Å². The Labute approximate surface area is 163 Å². The van der Waals surface area contributed by atoms with Crippen LogP contribution in [0.3, 0.4) is 0 Å². The lowest BCUT2D eigenvalue weighted by atomic mass is 10.2. The number of benzene rings is 2. The van der Waals surface area contributed by atoms with Gasteiger partial charge in [-0.1, -0.05) is 23.7 Å². The highest BCUT2D eigenvalue weighted by molar-refractivity contribution is 6.32. The van der Waals surface area contributed by atoms with Gasteiger partial charge in [-0.05, 0) is 36.8 Å². The van der Waals surface area contributed by atoms with Gasteiger partial charge in [0.2, 0.25) is 0 Å². The van der Waals surface area contributed by atoms with E-state index in [-0.39, 0.29) is 12.5 Å². The van der Waals surface area contributed by atoms with Gasteiger partial charge in [-0.3, -0.25) is 4.79 Å². The molecule has 0 radical (unpaired) electrons. The number of carbonyl (C=O) groups is 1. The van der Waals surface area contributed by atoms with Crippen molar-refractivity contribution in [1.82, 2.24) is 5.43 Å². The number of hydrazone groups is 1. The minimum atomic E-state index is -0.304. The molecule has 0 aliphatic heterocycles. The van der Waals surface area contributed by atoms with Crippen molar-refractivity contribution in [3.63, 3.8) is 0 Å². The first-order valence-corrected chi connectivity index (χ1v) is 8.66. The summed E-state index contributed by atoms with van der Waals surface area (Å²) >= 11 is 6.20. The molecule has 2 aromatic rings. The molecular weight excluding hydrogens is 370 g/mol. The van der Waals surface area contributed by atoms with Crippen LogP contribution in [0.1, 0.15) is 12.5 Å². The van der Waals surface area contributed by atoms with Crippen LogP contribution in [-0.4, -0.2) is 39.5 Å². The highest BCUT2D eigenvalue weighted by atomic mass is 35.5. The van der Waals surface area contributed by atoms with Crippen molar-refractivity contribution >= 4 is 29.4 Å². The number of ether oxygens (including phenoxy) is 3. The summed E-state index contributed by atoms with van der Waals surface area (Å²) in [5.41, 5.74) is 3.84. The number of carbonyl (C=O) groups excluding carboxylic acids is 1. The molecule has 2 rings (SSSR count). The van der Waals surface area contributed by atoms with Crippen LogP contribution in [0.15, 0.2) is 41.5 Å². The Morgan fingerprint density at radius 3 is 2.63 bits per heavy atom. The average Bonchev–Trinajstić information content (AvgIpc) is 2.68. The predicted octanol–water partition coefficient (Wildman–Crippen LogP) is 3.32. The van der Waals surface area contributed by atoms with E-state index in [1.807, 2.05) is 25.1 Å². The van der Waals surface area contributed by atoms with Crippen LogP contribution in [0.2, 0.25) is 5.02 Å². The number of hydrogen-bond donors (Lipinski definition) is 2. The van der Waals surface area contributed by atoms with Crippen LogP contribution in [0.5, 0.6) is 17.2 Å². The third-order valence-corrected chi connectivity index (χ3v) is 3.77. The number of hydrogen-bond acceptors (Lipinski definition) is 6. The standard InChI is InChI=1S/C19H22ClN3O4/c1-4-27-19-14(20)9-13(10-17(19)26-3)11-22-23-18(24)12-21-15-7-5-6-8-16(15)25-2/h5-11,21H,4,12H2,1-3H3,(H,23,24)/b22-11-. The molecule has 0 saturated heterocycles. The minimum Gasteiger partial charge on any atom is -0.495 e. The topological polar surface area (TPSA) is 81.2 Å². The van der Waals surface area contributed by atoms with E-state index < -0.39 is 0 Å². The number of methoxy groups -OCH3 is 2. The summed E-state index contributed by atoms with van der Waals surface area (Å²) in [6.45, 7) is 2.38. The second kappa shape index (κ2) is 10.3. The predicted molar refractivity (Wildman–Crippen MR) is 106 cm³/mol. The number of nitrogens with zero attached hydrogens (tertiary/aromatic N) is 1. The summed E-state index contributed by atoms with van der Waals surface area (Å²) in [7, 11) is 3.10. The molecule has 0 aromatic heterocycles. The molecular formula is C19H22ClN3O4. The highest BCUT2D eigenvalue weighted by Crippen LogP contribution is 2.35. The van der Waals surface area contributed by atoms with Crippen LogP contribution < -0.4 is 25.0 Å². The normalized spacial score (nSPS) is 10.5. The summed E-state index contributed by atoms with van der Waals surface area (Å²) in [6, 6.07) is 10.7. The fraction of sp³-hybridized carbons (Fsp3) is 0.263. The van der Waals surface area contributed by atoms with E-state index in [2.05, 4.69) is 15.8 Å². The van der Waals surface area contributed by atoms with E-state index in [1.165, 1.54) is 13.3 Å². The third kappa shape index (κ3) is 5.79. The monoisotopic (exact) mass is 391 g/mol. The largest absolute Gasteiger partial charge is 0.495 e. The second-order valence-corrected chi connectivity index (χ2v) is 5.72. The van der Waals surface area contributed by atoms with E-state index in [4.69, 9.17) is 25.8 Å². The van der Waals surface area contributed by atoms with Gasteiger partial charge in [-0.25, -0.2) is 5.43 Å². The molecule has 2 N–H and O–H groups in total. The van der Waals surface area contributed by atoms with Crippen molar-refractivity contribution < 1.29 is 19.0 Å². The molecule has 7 nitrogen and oxygen atoms in total. The van der Waals surface area contributed by atoms with Crippen molar-refractivity contribution in [2.24, 2.45) is 5.10 Å².